The molecule has 1 unspecified atom stereocenters. The topological polar surface area (TPSA) is 66.4 Å². The number of carboxylic acids is 1. The normalized spacial score (nSPS) is 12.2. The summed E-state index contributed by atoms with van der Waals surface area (Å²) in [6.45, 7) is 7.41. The summed E-state index contributed by atoms with van der Waals surface area (Å²) in [5.41, 5.74) is 0. The second-order valence-corrected chi connectivity index (χ2v) is 4.91. The molecule has 0 saturated carbocycles. The molecule has 0 saturated heterocycles. The predicted octanol–water partition coefficient (Wildman–Crippen LogP) is 1.27. The Labute approximate surface area is 94.1 Å². The lowest BCUT2D eigenvalue weighted by atomic mass is 10.2. The Hall–Kier alpha value is -0.970. The molecule has 1 atom stereocenters. The van der Waals surface area contributed by atoms with E-state index in [0.29, 0.717) is 11.0 Å². The molecule has 86 valence electrons. The van der Waals surface area contributed by atoms with Gasteiger partial charge in [0.2, 0.25) is 5.91 Å². The lowest BCUT2D eigenvalue weighted by molar-refractivity contribution is -0.141. The molecule has 15 heavy (non-hydrogen) atoms. The van der Waals surface area contributed by atoms with Crippen LogP contribution in [0.25, 0.3) is 0 Å². The largest absolute Gasteiger partial charge is 0.480 e. The van der Waals surface area contributed by atoms with Crippen molar-refractivity contribution < 1.29 is 14.7 Å². The summed E-state index contributed by atoms with van der Waals surface area (Å²) in [5, 5.41) is 11.6. The smallest absolute Gasteiger partial charge is 0.326 e. The van der Waals surface area contributed by atoms with Crippen molar-refractivity contribution in [2.24, 2.45) is 0 Å². The summed E-state index contributed by atoms with van der Waals surface area (Å²) in [4.78, 5) is 22.0. The van der Waals surface area contributed by atoms with Crippen LogP contribution in [0, 0.1) is 0 Å². The van der Waals surface area contributed by atoms with E-state index < -0.39 is 12.0 Å². The zero-order chi connectivity index (χ0) is 11.8. The van der Waals surface area contributed by atoms with Crippen LogP contribution in [-0.4, -0.2) is 34.0 Å². The van der Waals surface area contributed by atoms with E-state index in [9.17, 15) is 9.59 Å². The van der Waals surface area contributed by atoms with Gasteiger partial charge in [-0.2, -0.15) is 0 Å². The van der Waals surface area contributed by atoms with Gasteiger partial charge >= 0.3 is 5.97 Å². The fourth-order valence-corrected chi connectivity index (χ4v) is 1.43. The number of aliphatic carboxylic acids is 1. The standard InChI is InChI=1S/C10H17NO3S/c1-4-5-8(10(13)14)11-9(12)6-15-7(2)3/h4,7-8H,1,5-6H2,2-3H3,(H,11,12)(H,13,14). The number of carbonyl (C=O) groups excluding carboxylic acids is 1. The van der Waals surface area contributed by atoms with E-state index in [2.05, 4.69) is 11.9 Å². The number of hydrogen-bond acceptors (Lipinski definition) is 3. The molecule has 0 rings (SSSR count). The molecule has 0 fully saturated rings. The minimum Gasteiger partial charge on any atom is -0.480 e. The molecule has 4 nitrogen and oxygen atoms in total. The molecule has 0 aliphatic rings. The van der Waals surface area contributed by atoms with Gasteiger partial charge in [-0.1, -0.05) is 19.9 Å². The van der Waals surface area contributed by atoms with Crippen molar-refractivity contribution in [1.82, 2.24) is 5.32 Å². The van der Waals surface area contributed by atoms with Crippen LogP contribution in [0.2, 0.25) is 0 Å². The van der Waals surface area contributed by atoms with Gasteiger partial charge in [0, 0.05) is 0 Å². The van der Waals surface area contributed by atoms with Crippen LogP contribution in [-0.2, 0) is 9.59 Å². The highest BCUT2D eigenvalue weighted by Gasteiger charge is 2.17. The highest BCUT2D eigenvalue weighted by atomic mass is 32.2. The Kier molecular flexibility index (Phi) is 6.86. The fraction of sp³-hybridized carbons (Fsp3) is 0.600. The molecule has 0 radical (unpaired) electrons. The van der Waals surface area contributed by atoms with Crippen LogP contribution in [0.3, 0.4) is 0 Å². The molecule has 0 aliphatic heterocycles. The van der Waals surface area contributed by atoms with Gasteiger partial charge in [0.15, 0.2) is 0 Å². The minimum atomic E-state index is -1.03. The van der Waals surface area contributed by atoms with E-state index in [1.165, 1.54) is 17.8 Å². The Balaban J connectivity index is 3.99. The van der Waals surface area contributed by atoms with Gasteiger partial charge in [0.1, 0.15) is 6.04 Å². The maximum Gasteiger partial charge on any atom is 0.326 e. The van der Waals surface area contributed by atoms with Gasteiger partial charge in [0.25, 0.3) is 0 Å². The Morgan fingerprint density at radius 1 is 1.53 bits per heavy atom. The van der Waals surface area contributed by atoms with Crippen molar-refractivity contribution in [3.05, 3.63) is 12.7 Å². The quantitative estimate of drug-likeness (QED) is 0.648. The molecule has 0 aromatic heterocycles. The molecule has 0 aliphatic carbocycles. The third-order valence-electron chi connectivity index (χ3n) is 1.58. The number of rotatable bonds is 7. The maximum atomic E-state index is 11.3. The summed E-state index contributed by atoms with van der Waals surface area (Å²) < 4.78 is 0. The summed E-state index contributed by atoms with van der Waals surface area (Å²) in [5.74, 6) is -0.987. The fourth-order valence-electron chi connectivity index (χ4n) is 0.866. The van der Waals surface area contributed by atoms with Crippen molar-refractivity contribution in [3.8, 4) is 0 Å². The van der Waals surface area contributed by atoms with Crippen molar-refractivity contribution in [2.75, 3.05) is 5.75 Å². The summed E-state index contributed by atoms with van der Waals surface area (Å²) in [6, 6.07) is -0.859. The number of hydrogen-bond donors (Lipinski definition) is 2. The third-order valence-corrected chi connectivity index (χ3v) is 2.68. The monoisotopic (exact) mass is 231 g/mol. The number of thioether (sulfide) groups is 1. The van der Waals surface area contributed by atoms with Crippen LogP contribution >= 0.6 is 11.8 Å². The first-order chi connectivity index (χ1) is 6.97. The predicted molar refractivity (Wildman–Crippen MR) is 62.0 cm³/mol. The Morgan fingerprint density at radius 3 is 2.53 bits per heavy atom. The summed E-state index contributed by atoms with van der Waals surface area (Å²) >= 11 is 1.48. The minimum absolute atomic E-state index is 0.243. The first-order valence-corrected chi connectivity index (χ1v) is 5.77. The average molecular weight is 231 g/mol. The lowest BCUT2D eigenvalue weighted by Gasteiger charge is -2.12. The van der Waals surface area contributed by atoms with Crippen LogP contribution in [0.4, 0.5) is 0 Å². The van der Waals surface area contributed by atoms with E-state index in [1.807, 2.05) is 13.8 Å². The van der Waals surface area contributed by atoms with E-state index in [-0.39, 0.29) is 12.3 Å². The SMILES string of the molecule is C=CCC(NC(=O)CSC(C)C)C(=O)O. The molecule has 0 heterocycles. The van der Waals surface area contributed by atoms with Gasteiger partial charge < -0.3 is 10.4 Å². The first-order valence-electron chi connectivity index (χ1n) is 4.72. The zero-order valence-corrected chi connectivity index (χ0v) is 9.84. The molecule has 5 heteroatoms. The Bertz CT molecular complexity index is 241. The van der Waals surface area contributed by atoms with Gasteiger partial charge in [-0.25, -0.2) is 4.79 Å². The molecule has 0 spiro atoms. The van der Waals surface area contributed by atoms with Gasteiger partial charge in [0.05, 0.1) is 5.75 Å². The van der Waals surface area contributed by atoms with Crippen molar-refractivity contribution >= 4 is 23.6 Å². The second kappa shape index (κ2) is 7.34. The van der Waals surface area contributed by atoms with Gasteiger partial charge in [-0.05, 0) is 11.7 Å². The molecular formula is C10H17NO3S. The molecule has 0 aromatic carbocycles. The highest BCUT2D eigenvalue weighted by molar-refractivity contribution is 8.00. The van der Waals surface area contributed by atoms with E-state index in [4.69, 9.17) is 5.11 Å². The molecule has 0 aromatic rings. The van der Waals surface area contributed by atoms with E-state index in [1.54, 1.807) is 0 Å². The van der Waals surface area contributed by atoms with Crippen LogP contribution < -0.4 is 5.32 Å². The second-order valence-electron chi connectivity index (χ2n) is 3.34. The molecule has 0 bridgehead atoms. The van der Waals surface area contributed by atoms with Gasteiger partial charge in [-0.3, -0.25) is 4.79 Å². The molecule has 2 N–H and O–H groups in total. The average Bonchev–Trinajstić information content (AvgIpc) is 2.14. The van der Waals surface area contributed by atoms with Crippen molar-refractivity contribution in [3.63, 3.8) is 0 Å². The van der Waals surface area contributed by atoms with E-state index in [0.717, 1.165) is 0 Å². The van der Waals surface area contributed by atoms with Crippen LogP contribution in [0.1, 0.15) is 20.3 Å². The highest BCUT2D eigenvalue weighted by Crippen LogP contribution is 2.08. The summed E-state index contributed by atoms with van der Waals surface area (Å²) in [7, 11) is 0. The molecule has 1 amide bonds. The lowest BCUT2D eigenvalue weighted by Crippen LogP contribution is -2.41. The number of carbonyl (C=O) groups is 2. The van der Waals surface area contributed by atoms with Crippen molar-refractivity contribution in [2.45, 2.75) is 31.6 Å². The van der Waals surface area contributed by atoms with Crippen LogP contribution in [0.15, 0.2) is 12.7 Å². The van der Waals surface area contributed by atoms with Gasteiger partial charge in [-0.15, -0.1) is 18.3 Å². The van der Waals surface area contributed by atoms with Crippen LogP contribution in [0.5, 0.6) is 0 Å². The number of carboxylic acid groups (broad SMARTS) is 1. The van der Waals surface area contributed by atoms with E-state index >= 15 is 0 Å². The zero-order valence-electron chi connectivity index (χ0n) is 9.03. The number of amides is 1. The first kappa shape index (κ1) is 14.0. The number of nitrogens with one attached hydrogen (secondary N) is 1. The third kappa shape index (κ3) is 7.02. The maximum absolute atomic E-state index is 11.3. The van der Waals surface area contributed by atoms with Crippen molar-refractivity contribution in [1.29, 1.82) is 0 Å². The molecular weight excluding hydrogens is 214 g/mol. The summed E-state index contributed by atoms with van der Waals surface area (Å²) in [6.07, 6.45) is 1.72. The Morgan fingerprint density at radius 2 is 2.13 bits per heavy atom.